The van der Waals surface area contributed by atoms with Crippen molar-refractivity contribution in [3.8, 4) is 11.3 Å². The summed E-state index contributed by atoms with van der Waals surface area (Å²) in [5.41, 5.74) is 8.35. The summed E-state index contributed by atoms with van der Waals surface area (Å²) < 4.78 is 0. The third-order valence-electron chi connectivity index (χ3n) is 6.23. The SMILES string of the molecule is O=C1NN=Cc2c(-c3ccccc3)[nH]c3cc(NC(=O)[C@@H]4C[C@H]4c4ccccc4)cc1c23. The van der Waals surface area contributed by atoms with Gasteiger partial charge >= 0.3 is 0 Å². The summed E-state index contributed by atoms with van der Waals surface area (Å²) >= 11 is 0. The van der Waals surface area contributed by atoms with Crippen molar-refractivity contribution in [2.24, 2.45) is 11.0 Å². The number of hydrogen-bond donors (Lipinski definition) is 3. The van der Waals surface area contributed by atoms with Crippen LogP contribution in [0.1, 0.15) is 33.8 Å². The molecule has 3 aromatic carbocycles. The maximum atomic E-state index is 12.9. The van der Waals surface area contributed by atoms with Crippen LogP contribution in [0.5, 0.6) is 0 Å². The monoisotopic (exact) mass is 420 g/mol. The van der Waals surface area contributed by atoms with Gasteiger partial charge in [0.15, 0.2) is 0 Å². The van der Waals surface area contributed by atoms with Crippen LogP contribution in [-0.2, 0) is 4.79 Å². The van der Waals surface area contributed by atoms with Gasteiger partial charge in [-0.25, -0.2) is 5.43 Å². The van der Waals surface area contributed by atoms with Gasteiger partial charge in [-0.3, -0.25) is 9.59 Å². The second kappa shape index (κ2) is 7.20. The largest absolute Gasteiger partial charge is 0.354 e. The number of nitrogens with zero attached hydrogens (tertiary/aromatic N) is 1. The van der Waals surface area contributed by atoms with Gasteiger partial charge in [0.05, 0.1) is 17.5 Å². The molecule has 156 valence electrons. The molecule has 0 unspecified atom stereocenters. The molecule has 0 radical (unpaired) electrons. The zero-order valence-corrected chi connectivity index (χ0v) is 17.1. The molecule has 2 aliphatic rings. The number of nitrogens with one attached hydrogen (secondary N) is 3. The highest BCUT2D eigenvalue weighted by Crippen LogP contribution is 2.48. The van der Waals surface area contributed by atoms with Gasteiger partial charge in [0, 0.05) is 28.1 Å². The van der Waals surface area contributed by atoms with Gasteiger partial charge < -0.3 is 10.3 Å². The normalized spacial score (nSPS) is 18.8. The third-order valence-corrected chi connectivity index (χ3v) is 6.23. The van der Waals surface area contributed by atoms with E-state index < -0.39 is 0 Å². The lowest BCUT2D eigenvalue weighted by molar-refractivity contribution is -0.117. The van der Waals surface area contributed by atoms with E-state index >= 15 is 0 Å². The van der Waals surface area contributed by atoms with E-state index in [1.165, 1.54) is 5.56 Å². The topological polar surface area (TPSA) is 86.3 Å². The number of carbonyl (C=O) groups excluding carboxylic acids is 2. The van der Waals surface area contributed by atoms with Gasteiger partial charge in [-0.05, 0) is 35.6 Å². The first-order valence-corrected chi connectivity index (χ1v) is 10.6. The van der Waals surface area contributed by atoms with Crippen LogP contribution in [0.4, 0.5) is 5.69 Å². The molecule has 3 N–H and O–H groups in total. The molecule has 32 heavy (non-hydrogen) atoms. The summed E-state index contributed by atoms with van der Waals surface area (Å²) in [7, 11) is 0. The molecule has 0 saturated heterocycles. The van der Waals surface area contributed by atoms with Crippen LogP contribution in [0.2, 0.25) is 0 Å². The summed E-state index contributed by atoms with van der Waals surface area (Å²) in [6, 6.07) is 23.6. The lowest BCUT2D eigenvalue weighted by Gasteiger charge is -2.08. The quantitative estimate of drug-likeness (QED) is 0.449. The van der Waals surface area contributed by atoms with Gasteiger partial charge in [0.25, 0.3) is 5.91 Å². The van der Waals surface area contributed by atoms with Gasteiger partial charge in [-0.1, -0.05) is 60.7 Å². The highest BCUT2D eigenvalue weighted by atomic mass is 16.2. The zero-order valence-electron chi connectivity index (χ0n) is 17.1. The molecule has 0 bridgehead atoms. The van der Waals surface area contributed by atoms with Crippen molar-refractivity contribution in [3.63, 3.8) is 0 Å². The van der Waals surface area contributed by atoms with Crippen molar-refractivity contribution >= 4 is 34.6 Å². The summed E-state index contributed by atoms with van der Waals surface area (Å²) in [6.45, 7) is 0. The lowest BCUT2D eigenvalue weighted by atomic mass is 10.0. The van der Waals surface area contributed by atoms with E-state index in [9.17, 15) is 9.59 Å². The number of aromatic amines is 1. The smallest absolute Gasteiger partial charge is 0.272 e. The number of amides is 2. The minimum Gasteiger partial charge on any atom is -0.354 e. The molecule has 2 heterocycles. The number of benzene rings is 3. The Morgan fingerprint density at radius 2 is 1.75 bits per heavy atom. The molecule has 6 heteroatoms. The predicted octanol–water partition coefficient (Wildman–Crippen LogP) is 4.65. The number of carbonyl (C=O) groups is 2. The Bertz CT molecular complexity index is 1390. The molecule has 0 spiro atoms. The van der Waals surface area contributed by atoms with Crippen LogP contribution >= 0.6 is 0 Å². The van der Waals surface area contributed by atoms with Crippen molar-refractivity contribution in [1.82, 2.24) is 10.4 Å². The van der Waals surface area contributed by atoms with E-state index in [4.69, 9.17) is 0 Å². The van der Waals surface area contributed by atoms with Gasteiger partial charge in [-0.2, -0.15) is 5.10 Å². The average Bonchev–Trinajstić information content (AvgIpc) is 3.57. The Morgan fingerprint density at radius 3 is 2.53 bits per heavy atom. The minimum absolute atomic E-state index is 0.0225. The maximum absolute atomic E-state index is 12.9. The van der Waals surface area contributed by atoms with Crippen LogP contribution in [-0.4, -0.2) is 23.0 Å². The molecule has 1 saturated carbocycles. The summed E-state index contributed by atoms with van der Waals surface area (Å²) in [5, 5.41) is 7.91. The van der Waals surface area contributed by atoms with Crippen LogP contribution in [0.25, 0.3) is 22.2 Å². The Kier molecular flexibility index (Phi) is 4.18. The number of anilines is 1. The van der Waals surface area contributed by atoms with Crippen molar-refractivity contribution < 1.29 is 9.59 Å². The molecular weight excluding hydrogens is 400 g/mol. The fraction of sp³-hybridized carbons (Fsp3) is 0.115. The lowest BCUT2D eigenvalue weighted by Crippen LogP contribution is -2.18. The van der Waals surface area contributed by atoms with Crippen LogP contribution in [0.15, 0.2) is 77.9 Å². The Morgan fingerprint density at radius 1 is 1.00 bits per heavy atom. The molecular formula is C26H20N4O2. The molecule has 1 aliphatic heterocycles. The van der Waals surface area contributed by atoms with Gasteiger partial charge in [0.1, 0.15) is 0 Å². The van der Waals surface area contributed by atoms with Crippen molar-refractivity contribution in [1.29, 1.82) is 0 Å². The Balaban J connectivity index is 1.36. The number of aromatic nitrogens is 1. The first-order chi connectivity index (χ1) is 15.7. The van der Waals surface area contributed by atoms with E-state index in [0.717, 1.165) is 34.1 Å². The third kappa shape index (κ3) is 3.08. The molecule has 2 atom stereocenters. The summed E-state index contributed by atoms with van der Waals surface area (Å²) in [6.07, 6.45) is 2.51. The molecule has 6 nitrogen and oxygen atoms in total. The first-order valence-electron chi connectivity index (χ1n) is 10.6. The number of hydrazone groups is 1. The minimum atomic E-state index is -0.298. The van der Waals surface area contributed by atoms with Crippen molar-refractivity contribution in [3.05, 3.63) is 89.5 Å². The first kappa shape index (κ1) is 18.6. The zero-order chi connectivity index (χ0) is 21.7. The van der Waals surface area contributed by atoms with Crippen LogP contribution < -0.4 is 10.7 Å². The summed E-state index contributed by atoms with van der Waals surface area (Å²) in [4.78, 5) is 29.0. The van der Waals surface area contributed by atoms with Crippen LogP contribution in [0, 0.1) is 5.92 Å². The molecule has 2 amide bonds. The van der Waals surface area contributed by atoms with Crippen LogP contribution in [0.3, 0.4) is 0 Å². The number of H-pyrrole nitrogens is 1. The second-order valence-corrected chi connectivity index (χ2v) is 8.27. The second-order valence-electron chi connectivity index (χ2n) is 8.27. The van der Waals surface area contributed by atoms with E-state index in [2.05, 4.69) is 33.0 Å². The highest BCUT2D eigenvalue weighted by molar-refractivity contribution is 6.18. The van der Waals surface area contributed by atoms with E-state index in [-0.39, 0.29) is 23.7 Å². The predicted molar refractivity (Wildman–Crippen MR) is 125 cm³/mol. The van der Waals surface area contributed by atoms with E-state index in [0.29, 0.717) is 11.3 Å². The maximum Gasteiger partial charge on any atom is 0.272 e. The van der Waals surface area contributed by atoms with Crippen molar-refractivity contribution in [2.45, 2.75) is 12.3 Å². The fourth-order valence-corrected chi connectivity index (χ4v) is 4.57. The molecule has 1 aliphatic carbocycles. The van der Waals surface area contributed by atoms with E-state index in [1.807, 2.05) is 54.6 Å². The van der Waals surface area contributed by atoms with Crippen molar-refractivity contribution in [2.75, 3.05) is 5.32 Å². The molecule has 1 fully saturated rings. The average molecular weight is 420 g/mol. The standard InChI is InChI=1S/C26H20N4O2/c31-25(19-13-18(19)15-7-3-1-4-8-15)28-17-11-20-23-21(14-27-30-26(20)32)24(29-22(23)12-17)16-9-5-2-6-10-16/h1-12,14,18-19,29H,13H2,(H,28,31)(H,30,32)/t18-,19+/m0/s1. The molecule has 6 rings (SSSR count). The molecule has 1 aromatic heterocycles. The van der Waals surface area contributed by atoms with Gasteiger partial charge in [-0.15, -0.1) is 0 Å². The van der Waals surface area contributed by atoms with Gasteiger partial charge in [0.2, 0.25) is 5.91 Å². The Labute approximate surface area is 184 Å². The molecule has 4 aromatic rings. The fourth-order valence-electron chi connectivity index (χ4n) is 4.57. The Hall–Kier alpha value is -4.19. The number of hydrogen-bond acceptors (Lipinski definition) is 3. The highest BCUT2D eigenvalue weighted by Gasteiger charge is 2.43. The summed E-state index contributed by atoms with van der Waals surface area (Å²) in [5.74, 6) is -0.123. The number of rotatable bonds is 4. The van der Waals surface area contributed by atoms with E-state index in [1.54, 1.807) is 12.3 Å².